The van der Waals surface area contributed by atoms with Gasteiger partial charge in [0.1, 0.15) is 5.82 Å². The topological polar surface area (TPSA) is 46.2 Å². The Bertz CT molecular complexity index is 409. The molecule has 0 saturated heterocycles. The van der Waals surface area contributed by atoms with Crippen LogP contribution in [0.3, 0.4) is 0 Å². The summed E-state index contributed by atoms with van der Waals surface area (Å²) >= 11 is 0. The number of halogens is 3. The van der Waals surface area contributed by atoms with E-state index >= 15 is 0 Å². The quantitative estimate of drug-likeness (QED) is 0.800. The van der Waals surface area contributed by atoms with Crippen LogP contribution in [0.25, 0.3) is 0 Å². The molecule has 0 spiro atoms. The third-order valence-corrected chi connectivity index (χ3v) is 2.85. The highest BCUT2D eigenvalue weighted by atomic mass is 19.2. The molecule has 0 aliphatic carbocycles. The van der Waals surface area contributed by atoms with E-state index in [9.17, 15) is 18.3 Å². The van der Waals surface area contributed by atoms with Gasteiger partial charge in [-0.3, -0.25) is 0 Å². The van der Waals surface area contributed by atoms with E-state index in [-0.39, 0.29) is 5.56 Å². The standard InChI is InChI=1S/C13H18F3NO/c1-7(2)3-4-12(18)13(17)8-5-10(15)11(16)6-9(8)14/h5-7,12-13,18H,3-4,17H2,1-2H3/t12-,13+/m0/s1. The van der Waals surface area contributed by atoms with Crippen molar-refractivity contribution in [1.29, 1.82) is 0 Å². The predicted octanol–water partition coefficient (Wildman–Crippen LogP) is 2.90. The molecule has 0 heterocycles. The monoisotopic (exact) mass is 261 g/mol. The Morgan fingerprint density at radius 2 is 1.61 bits per heavy atom. The van der Waals surface area contributed by atoms with Crippen LogP contribution in [0.4, 0.5) is 13.2 Å². The van der Waals surface area contributed by atoms with Gasteiger partial charge >= 0.3 is 0 Å². The van der Waals surface area contributed by atoms with Gasteiger partial charge in [0.15, 0.2) is 11.6 Å². The lowest BCUT2D eigenvalue weighted by Crippen LogP contribution is -2.27. The van der Waals surface area contributed by atoms with Crippen LogP contribution in [0.5, 0.6) is 0 Å². The summed E-state index contributed by atoms with van der Waals surface area (Å²) in [6, 6.07) is 0.0898. The van der Waals surface area contributed by atoms with E-state index in [1.165, 1.54) is 0 Å². The van der Waals surface area contributed by atoms with Gasteiger partial charge in [-0.25, -0.2) is 13.2 Å². The number of nitrogens with two attached hydrogens (primary N) is 1. The lowest BCUT2D eigenvalue weighted by molar-refractivity contribution is 0.126. The van der Waals surface area contributed by atoms with Crippen molar-refractivity contribution in [3.63, 3.8) is 0 Å². The van der Waals surface area contributed by atoms with Crippen molar-refractivity contribution >= 4 is 0 Å². The van der Waals surface area contributed by atoms with Gasteiger partial charge in [0.2, 0.25) is 0 Å². The number of hydrogen-bond donors (Lipinski definition) is 2. The van der Waals surface area contributed by atoms with E-state index in [1.54, 1.807) is 0 Å². The van der Waals surface area contributed by atoms with Crippen LogP contribution >= 0.6 is 0 Å². The van der Waals surface area contributed by atoms with Crippen LogP contribution in [-0.2, 0) is 0 Å². The predicted molar refractivity (Wildman–Crippen MR) is 63.3 cm³/mol. The molecule has 0 amide bonds. The Hall–Kier alpha value is -1.07. The third kappa shape index (κ3) is 3.71. The maximum absolute atomic E-state index is 13.4. The molecule has 0 bridgehead atoms. The minimum Gasteiger partial charge on any atom is -0.391 e. The first-order valence-electron chi connectivity index (χ1n) is 5.91. The first-order valence-corrected chi connectivity index (χ1v) is 5.91. The Kier molecular flexibility index (Phi) is 5.16. The lowest BCUT2D eigenvalue weighted by Gasteiger charge is -2.20. The van der Waals surface area contributed by atoms with Crippen LogP contribution < -0.4 is 5.73 Å². The highest BCUT2D eigenvalue weighted by molar-refractivity contribution is 5.24. The van der Waals surface area contributed by atoms with Crippen molar-refractivity contribution in [2.24, 2.45) is 11.7 Å². The average molecular weight is 261 g/mol. The zero-order valence-electron chi connectivity index (χ0n) is 10.5. The molecule has 0 saturated carbocycles. The van der Waals surface area contributed by atoms with E-state index in [0.29, 0.717) is 24.5 Å². The molecule has 1 aromatic rings. The highest BCUT2D eigenvalue weighted by Gasteiger charge is 2.22. The van der Waals surface area contributed by atoms with Crippen molar-refractivity contribution in [3.8, 4) is 0 Å². The highest BCUT2D eigenvalue weighted by Crippen LogP contribution is 2.24. The van der Waals surface area contributed by atoms with E-state index in [4.69, 9.17) is 5.73 Å². The largest absolute Gasteiger partial charge is 0.391 e. The van der Waals surface area contributed by atoms with Crippen molar-refractivity contribution in [1.82, 2.24) is 0 Å². The second-order valence-electron chi connectivity index (χ2n) is 4.85. The smallest absolute Gasteiger partial charge is 0.161 e. The molecule has 2 nitrogen and oxygen atoms in total. The molecule has 0 aliphatic heterocycles. The zero-order chi connectivity index (χ0) is 13.9. The summed E-state index contributed by atoms with van der Waals surface area (Å²) in [7, 11) is 0. The molecule has 2 atom stereocenters. The Morgan fingerprint density at radius 1 is 1.06 bits per heavy atom. The van der Waals surface area contributed by atoms with Crippen LogP contribution in [0.2, 0.25) is 0 Å². The Balaban J connectivity index is 2.83. The van der Waals surface area contributed by atoms with Gasteiger partial charge in [-0.1, -0.05) is 13.8 Å². The molecule has 5 heteroatoms. The molecule has 3 N–H and O–H groups in total. The second kappa shape index (κ2) is 6.20. The van der Waals surface area contributed by atoms with Gasteiger partial charge in [-0.05, 0) is 24.8 Å². The molecule has 0 radical (unpaired) electrons. The fourth-order valence-electron chi connectivity index (χ4n) is 1.68. The summed E-state index contributed by atoms with van der Waals surface area (Å²) in [4.78, 5) is 0. The summed E-state index contributed by atoms with van der Waals surface area (Å²) in [5, 5.41) is 9.80. The van der Waals surface area contributed by atoms with Crippen LogP contribution in [-0.4, -0.2) is 11.2 Å². The van der Waals surface area contributed by atoms with E-state index in [0.717, 1.165) is 6.42 Å². The van der Waals surface area contributed by atoms with Crippen LogP contribution in [0, 0.1) is 23.4 Å². The fraction of sp³-hybridized carbons (Fsp3) is 0.538. The molecular weight excluding hydrogens is 243 g/mol. The second-order valence-corrected chi connectivity index (χ2v) is 4.85. The molecule has 1 aromatic carbocycles. The average Bonchev–Trinajstić information content (AvgIpc) is 2.29. The molecule has 0 fully saturated rings. The van der Waals surface area contributed by atoms with Crippen molar-refractivity contribution in [2.75, 3.05) is 0 Å². The first-order chi connectivity index (χ1) is 8.32. The normalized spacial score (nSPS) is 14.9. The van der Waals surface area contributed by atoms with Gasteiger partial charge in [0.05, 0.1) is 12.1 Å². The molecular formula is C13H18F3NO. The van der Waals surface area contributed by atoms with Gasteiger partial charge in [0.25, 0.3) is 0 Å². The summed E-state index contributed by atoms with van der Waals surface area (Å²) in [5.74, 6) is -3.00. The van der Waals surface area contributed by atoms with Crippen LogP contribution in [0.1, 0.15) is 38.3 Å². The third-order valence-electron chi connectivity index (χ3n) is 2.85. The van der Waals surface area contributed by atoms with Crippen LogP contribution in [0.15, 0.2) is 12.1 Å². The van der Waals surface area contributed by atoms with Gasteiger partial charge in [-0.15, -0.1) is 0 Å². The number of aliphatic hydroxyl groups is 1. The summed E-state index contributed by atoms with van der Waals surface area (Å²) < 4.78 is 39.2. The maximum Gasteiger partial charge on any atom is 0.161 e. The lowest BCUT2D eigenvalue weighted by atomic mass is 9.95. The van der Waals surface area contributed by atoms with E-state index in [2.05, 4.69) is 0 Å². The number of benzene rings is 1. The summed E-state index contributed by atoms with van der Waals surface area (Å²) in [6.45, 7) is 3.97. The fourth-order valence-corrected chi connectivity index (χ4v) is 1.68. The minimum atomic E-state index is -1.26. The molecule has 18 heavy (non-hydrogen) atoms. The van der Waals surface area contributed by atoms with Crippen molar-refractivity contribution in [2.45, 2.75) is 38.8 Å². The first kappa shape index (κ1) is 15.0. The van der Waals surface area contributed by atoms with E-state index in [1.807, 2.05) is 13.8 Å². The van der Waals surface area contributed by atoms with Crippen molar-refractivity contribution in [3.05, 3.63) is 35.1 Å². The van der Waals surface area contributed by atoms with Gasteiger partial charge in [0, 0.05) is 11.6 Å². The SMILES string of the molecule is CC(C)CC[C@H](O)[C@H](N)c1cc(F)c(F)cc1F. The maximum atomic E-state index is 13.4. The zero-order valence-corrected chi connectivity index (χ0v) is 10.5. The Morgan fingerprint density at radius 3 is 2.17 bits per heavy atom. The van der Waals surface area contributed by atoms with Gasteiger partial charge < -0.3 is 10.8 Å². The minimum absolute atomic E-state index is 0.204. The molecule has 0 unspecified atom stereocenters. The number of aliphatic hydroxyl groups excluding tert-OH is 1. The van der Waals surface area contributed by atoms with Gasteiger partial charge in [-0.2, -0.15) is 0 Å². The molecule has 0 aliphatic rings. The van der Waals surface area contributed by atoms with Crippen molar-refractivity contribution < 1.29 is 18.3 Å². The summed E-state index contributed by atoms with van der Waals surface area (Å²) in [5.41, 5.74) is 5.46. The number of hydrogen-bond acceptors (Lipinski definition) is 2. The summed E-state index contributed by atoms with van der Waals surface area (Å²) in [6.07, 6.45) is 0.129. The molecule has 102 valence electrons. The Labute approximate surface area is 105 Å². The molecule has 1 rings (SSSR count). The number of rotatable bonds is 5. The van der Waals surface area contributed by atoms with E-state index < -0.39 is 29.6 Å². The molecule has 0 aromatic heterocycles.